The van der Waals surface area contributed by atoms with Crippen LogP contribution in [0.4, 0.5) is 0 Å². The lowest BCUT2D eigenvalue weighted by molar-refractivity contribution is -0.137. The van der Waals surface area contributed by atoms with Crippen LogP contribution >= 0.6 is 0 Å². The molecule has 2 heterocycles. The highest BCUT2D eigenvalue weighted by Gasteiger charge is 2.10. The maximum Gasteiger partial charge on any atom is 0.323 e. The molecule has 0 aromatic carbocycles. The molecule has 0 saturated heterocycles. The van der Waals surface area contributed by atoms with Gasteiger partial charge in [0, 0.05) is 6.20 Å². The number of nitrogens with one attached hydrogen (secondary N) is 1. The maximum absolute atomic E-state index is 11.4. The third-order valence-corrected chi connectivity index (χ3v) is 2.04. The molecule has 7 heteroatoms. The quantitative estimate of drug-likeness (QED) is 0.644. The Morgan fingerprint density at radius 1 is 1.50 bits per heavy atom. The van der Waals surface area contributed by atoms with Gasteiger partial charge in [-0.05, 0) is 12.1 Å². The fourth-order valence-corrected chi connectivity index (χ4v) is 1.40. The number of hydrogen-bond acceptors (Lipinski definition) is 4. The highest BCUT2D eigenvalue weighted by Crippen LogP contribution is 2.03. The van der Waals surface area contributed by atoms with E-state index in [2.05, 4.69) is 9.97 Å². The molecule has 2 aromatic heterocycles. The molecule has 7 nitrogen and oxygen atoms in total. The normalized spacial score (nSPS) is 10.5. The minimum Gasteiger partial charge on any atom is -0.480 e. The Bertz CT molecular complexity index is 670. The Hall–Kier alpha value is -2.44. The van der Waals surface area contributed by atoms with Gasteiger partial charge in [-0.1, -0.05) is 0 Å². The van der Waals surface area contributed by atoms with E-state index in [9.17, 15) is 14.4 Å². The third kappa shape index (κ3) is 1.58. The lowest BCUT2D eigenvalue weighted by atomic mass is 10.4. The van der Waals surface area contributed by atoms with E-state index >= 15 is 0 Å². The minimum atomic E-state index is -1.20. The molecule has 0 saturated carbocycles. The van der Waals surface area contributed by atoms with Crippen molar-refractivity contribution in [3.63, 3.8) is 0 Å². The number of aliphatic carboxylic acids is 1. The van der Waals surface area contributed by atoms with Gasteiger partial charge in [0.25, 0.3) is 0 Å². The highest BCUT2D eigenvalue weighted by atomic mass is 16.4. The van der Waals surface area contributed by atoms with Crippen LogP contribution < -0.4 is 11.1 Å². The average Bonchev–Trinajstić information content (AvgIpc) is 2.24. The van der Waals surface area contributed by atoms with E-state index < -0.39 is 23.6 Å². The number of H-pyrrole nitrogens is 1. The van der Waals surface area contributed by atoms with E-state index in [0.29, 0.717) is 0 Å². The molecule has 0 fully saturated rings. The Morgan fingerprint density at radius 3 is 2.94 bits per heavy atom. The zero-order chi connectivity index (χ0) is 11.7. The van der Waals surface area contributed by atoms with Crippen molar-refractivity contribution >= 4 is 17.1 Å². The van der Waals surface area contributed by atoms with E-state index in [1.54, 1.807) is 6.07 Å². The molecule has 2 rings (SSSR count). The van der Waals surface area contributed by atoms with Crippen LogP contribution in [0.25, 0.3) is 11.2 Å². The summed E-state index contributed by atoms with van der Waals surface area (Å²) in [5.41, 5.74) is -1.31. The zero-order valence-electron chi connectivity index (χ0n) is 8.01. The van der Waals surface area contributed by atoms with E-state index in [-0.39, 0.29) is 11.2 Å². The van der Waals surface area contributed by atoms with Crippen LogP contribution in [0.1, 0.15) is 0 Å². The van der Waals surface area contributed by atoms with Crippen molar-refractivity contribution in [1.29, 1.82) is 0 Å². The number of hydrogen-bond donors (Lipinski definition) is 2. The first kappa shape index (κ1) is 10.1. The molecule has 0 aliphatic carbocycles. The first-order valence-corrected chi connectivity index (χ1v) is 4.39. The Labute approximate surface area is 88.0 Å². The van der Waals surface area contributed by atoms with Gasteiger partial charge in [0.2, 0.25) is 0 Å². The average molecular weight is 221 g/mol. The van der Waals surface area contributed by atoms with Gasteiger partial charge in [0.05, 0.1) is 5.52 Å². The fourth-order valence-electron chi connectivity index (χ4n) is 1.40. The molecule has 0 bridgehead atoms. The van der Waals surface area contributed by atoms with Crippen molar-refractivity contribution < 1.29 is 9.90 Å². The van der Waals surface area contributed by atoms with E-state index in [1.807, 2.05) is 0 Å². The number of aromatic amines is 1. The molecule has 0 spiro atoms. The minimum absolute atomic E-state index is 0.188. The van der Waals surface area contributed by atoms with Crippen LogP contribution in [0, 0.1) is 0 Å². The highest BCUT2D eigenvalue weighted by molar-refractivity contribution is 5.73. The van der Waals surface area contributed by atoms with Crippen molar-refractivity contribution in [1.82, 2.24) is 14.5 Å². The molecule has 0 unspecified atom stereocenters. The Kier molecular flexibility index (Phi) is 2.28. The molecular weight excluding hydrogens is 214 g/mol. The molecule has 0 aliphatic heterocycles. The van der Waals surface area contributed by atoms with E-state index in [1.165, 1.54) is 12.3 Å². The summed E-state index contributed by atoms with van der Waals surface area (Å²) in [6.45, 7) is -0.565. The summed E-state index contributed by atoms with van der Waals surface area (Å²) in [6, 6.07) is 3.07. The molecule has 82 valence electrons. The second-order valence-corrected chi connectivity index (χ2v) is 3.11. The number of nitrogens with zero attached hydrogens (tertiary/aromatic N) is 2. The van der Waals surface area contributed by atoms with Crippen LogP contribution in [0.5, 0.6) is 0 Å². The smallest absolute Gasteiger partial charge is 0.323 e. The predicted octanol–water partition coefficient (Wildman–Crippen LogP) is -0.831. The number of rotatable bonds is 2. The molecule has 16 heavy (non-hydrogen) atoms. The van der Waals surface area contributed by atoms with Gasteiger partial charge < -0.3 is 10.1 Å². The number of aromatic nitrogens is 3. The van der Waals surface area contributed by atoms with Crippen molar-refractivity contribution in [2.24, 2.45) is 0 Å². The van der Waals surface area contributed by atoms with E-state index in [0.717, 1.165) is 4.57 Å². The van der Waals surface area contributed by atoms with Crippen molar-refractivity contribution in [3.8, 4) is 0 Å². The summed E-state index contributed by atoms with van der Waals surface area (Å²) in [7, 11) is 0. The van der Waals surface area contributed by atoms with Crippen LogP contribution in [0.15, 0.2) is 27.9 Å². The molecule has 0 radical (unpaired) electrons. The van der Waals surface area contributed by atoms with Gasteiger partial charge in [-0.25, -0.2) is 4.98 Å². The predicted molar refractivity (Wildman–Crippen MR) is 54.3 cm³/mol. The molecule has 2 aromatic rings. The van der Waals surface area contributed by atoms with Crippen molar-refractivity contribution in [2.45, 2.75) is 6.54 Å². The number of fused-ring (bicyclic) bond motifs is 1. The largest absolute Gasteiger partial charge is 0.480 e. The Balaban J connectivity index is 2.87. The number of pyridine rings is 1. The lowest BCUT2D eigenvalue weighted by Crippen LogP contribution is -2.38. The van der Waals surface area contributed by atoms with Crippen molar-refractivity contribution in [2.75, 3.05) is 0 Å². The second kappa shape index (κ2) is 3.61. The van der Waals surface area contributed by atoms with Crippen LogP contribution in [0.2, 0.25) is 0 Å². The van der Waals surface area contributed by atoms with E-state index in [4.69, 9.17) is 5.11 Å². The maximum atomic E-state index is 11.4. The summed E-state index contributed by atoms with van der Waals surface area (Å²) in [5.74, 6) is -1.20. The number of carboxylic acids is 1. The molecule has 0 aliphatic rings. The second-order valence-electron chi connectivity index (χ2n) is 3.11. The first-order valence-electron chi connectivity index (χ1n) is 4.39. The summed E-state index contributed by atoms with van der Waals surface area (Å²) in [6.07, 6.45) is 1.44. The molecule has 2 N–H and O–H groups in total. The molecule has 0 amide bonds. The molecular formula is C9H7N3O4. The van der Waals surface area contributed by atoms with Gasteiger partial charge in [0.1, 0.15) is 6.54 Å². The van der Waals surface area contributed by atoms with Crippen LogP contribution in [-0.2, 0) is 11.3 Å². The van der Waals surface area contributed by atoms with Gasteiger partial charge >= 0.3 is 17.1 Å². The van der Waals surface area contributed by atoms with Crippen LogP contribution in [0.3, 0.4) is 0 Å². The standard InChI is InChI=1S/C9H7N3O4/c13-6(14)4-12-5-2-1-3-10-7(5)11-8(15)9(12)16/h1-3H,4H2,(H,13,14)(H,10,11,15). The third-order valence-electron chi connectivity index (χ3n) is 2.04. The monoisotopic (exact) mass is 221 g/mol. The lowest BCUT2D eigenvalue weighted by Gasteiger charge is -2.05. The van der Waals surface area contributed by atoms with Gasteiger partial charge in [0.15, 0.2) is 5.65 Å². The number of carboxylic acid groups (broad SMARTS) is 1. The Morgan fingerprint density at radius 2 is 2.25 bits per heavy atom. The van der Waals surface area contributed by atoms with Crippen LogP contribution in [-0.4, -0.2) is 25.6 Å². The summed E-state index contributed by atoms with van der Waals surface area (Å²) in [4.78, 5) is 39.4. The summed E-state index contributed by atoms with van der Waals surface area (Å²) >= 11 is 0. The summed E-state index contributed by atoms with van der Waals surface area (Å²) < 4.78 is 0.878. The summed E-state index contributed by atoms with van der Waals surface area (Å²) in [5, 5.41) is 8.65. The van der Waals surface area contributed by atoms with Gasteiger partial charge in [-0.2, -0.15) is 0 Å². The molecule has 0 atom stereocenters. The SMILES string of the molecule is O=C(O)Cn1c(=O)c(=O)[nH]c2ncccc21. The topological polar surface area (TPSA) is 105 Å². The number of carbonyl (C=O) groups is 1. The van der Waals surface area contributed by atoms with Gasteiger partial charge in [-0.15, -0.1) is 0 Å². The van der Waals surface area contributed by atoms with Gasteiger partial charge in [-0.3, -0.25) is 19.0 Å². The fraction of sp³-hybridized carbons (Fsp3) is 0.111. The van der Waals surface area contributed by atoms with Crippen molar-refractivity contribution in [3.05, 3.63) is 39.0 Å². The first-order chi connectivity index (χ1) is 7.59. The zero-order valence-corrected chi connectivity index (χ0v) is 8.01.